The van der Waals surface area contributed by atoms with E-state index in [1.165, 1.54) is 16.0 Å². The van der Waals surface area contributed by atoms with Gasteiger partial charge in [0.2, 0.25) is 5.13 Å². The second-order valence-corrected chi connectivity index (χ2v) is 8.37. The molecule has 4 aromatic rings. The number of hydrogen-bond acceptors (Lipinski definition) is 7. The average Bonchev–Trinajstić information content (AvgIpc) is 3.54. The lowest BCUT2D eigenvalue weighted by atomic mass is 10.1. The first-order valence-electron chi connectivity index (χ1n) is 9.27. The number of hydrogen-bond donors (Lipinski definition) is 1. The number of thiazole rings is 1. The van der Waals surface area contributed by atoms with E-state index in [9.17, 15) is 4.79 Å². The van der Waals surface area contributed by atoms with Crippen LogP contribution in [-0.2, 0) is 0 Å². The highest BCUT2D eigenvalue weighted by atomic mass is 32.2. The minimum absolute atomic E-state index is 0.0157. The number of azo groups is 1. The van der Waals surface area contributed by atoms with Gasteiger partial charge in [-0.05, 0) is 5.56 Å². The maximum atomic E-state index is 13.2. The topological polar surface area (TPSA) is 87.8 Å². The number of aliphatic imine (C=N–C) groups is 1. The quantitative estimate of drug-likeness (QED) is 0.438. The molecule has 0 aliphatic carbocycles. The van der Waals surface area contributed by atoms with Crippen LogP contribution in [0.3, 0.4) is 0 Å². The lowest BCUT2D eigenvalue weighted by molar-refractivity contribution is 0.828. The van der Waals surface area contributed by atoms with Crippen LogP contribution in [0.25, 0.3) is 11.3 Å². The predicted octanol–water partition coefficient (Wildman–Crippen LogP) is 5.41. The summed E-state index contributed by atoms with van der Waals surface area (Å²) in [5.74, 6) is 0.779. The number of benzene rings is 2. The van der Waals surface area contributed by atoms with Crippen molar-refractivity contribution in [2.24, 2.45) is 15.2 Å². The van der Waals surface area contributed by atoms with Crippen molar-refractivity contribution in [3.8, 4) is 11.3 Å². The standard InChI is InChI=1S/C21H16N6OS2/c28-19-18(24-25-20-22-11-12-29-20)17(15-9-5-2-6-10-15)26-27(19)21-23-16(13-30-21)14-7-3-1-4-8-14/h1-12,16,26H,13H2. The summed E-state index contributed by atoms with van der Waals surface area (Å²) in [6.07, 6.45) is 1.65. The number of rotatable bonds is 4. The molecule has 0 spiro atoms. The fraction of sp³-hybridized carbons (Fsp3) is 0.0952. The van der Waals surface area contributed by atoms with E-state index in [2.05, 4.69) is 32.4 Å². The Hall–Kier alpha value is -3.30. The minimum Gasteiger partial charge on any atom is -0.286 e. The van der Waals surface area contributed by atoms with Crippen molar-refractivity contribution < 1.29 is 0 Å². The second kappa shape index (κ2) is 8.21. The summed E-state index contributed by atoms with van der Waals surface area (Å²) in [5.41, 5.74) is 2.54. The molecule has 9 heteroatoms. The third-order valence-electron chi connectivity index (χ3n) is 4.60. The molecule has 2 aromatic heterocycles. The second-order valence-electron chi connectivity index (χ2n) is 6.51. The van der Waals surface area contributed by atoms with Crippen molar-refractivity contribution >= 4 is 39.1 Å². The molecular formula is C21H16N6OS2. The van der Waals surface area contributed by atoms with Crippen LogP contribution in [0.1, 0.15) is 11.6 Å². The van der Waals surface area contributed by atoms with Gasteiger partial charge in [0.15, 0.2) is 10.9 Å². The normalized spacial score (nSPS) is 16.3. The van der Waals surface area contributed by atoms with E-state index in [4.69, 9.17) is 4.99 Å². The zero-order chi connectivity index (χ0) is 20.3. The third-order valence-corrected chi connectivity index (χ3v) is 6.28. The summed E-state index contributed by atoms with van der Waals surface area (Å²) in [5, 5.41) is 14.5. The molecule has 0 fully saturated rings. The fourth-order valence-corrected chi connectivity index (χ4v) is 4.64. The lowest BCUT2D eigenvalue weighted by Gasteiger charge is -2.04. The Kier molecular flexibility index (Phi) is 5.12. The van der Waals surface area contributed by atoms with Crippen molar-refractivity contribution in [3.05, 3.63) is 88.2 Å². The molecule has 30 heavy (non-hydrogen) atoms. The fourth-order valence-electron chi connectivity index (χ4n) is 3.15. The first kappa shape index (κ1) is 18.7. The monoisotopic (exact) mass is 432 g/mol. The minimum atomic E-state index is -0.283. The summed E-state index contributed by atoms with van der Waals surface area (Å²) in [6.45, 7) is 0. The molecule has 0 radical (unpaired) electrons. The van der Waals surface area contributed by atoms with E-state index in [1.54, 1.807) is 18.0 Å². The van der Waals surface area contributed by atoms with Gasteiger partial charge < -0.3 is 0 Å². The molecule has 2 aromatic carbocycles. The van der Waals surface area contributed by atoms with E-state index in [0.717, 1.165) is 16.9 Å². The van der Waals surface area contributed by atoms with Crippen molar-refractivity contribution in [3.63, 3.8) is 0 Å². The van der Waals surface area contributed by atoms with Gasteiger partial charge in [0.25, 0.3) is 0 Å². The highest BCUT2D eigenvalue weighted by molar-refractivity contribution is 8.14. The van der Waals surface area contributed by atoms with Gasteiger partial charge in [-0.15, -0.1) is 21.6 Å². The van der Waals surface area contributed by atoms with E-state index in [0.29, 0.717) is 16.0 Å². The number of nitrogens with one attached hydrogen (secondary N) is 1. The summed E-state index contributed by atoms with van der Waals surface area (Å²) < 4.78 is 1.46. The Balaban J connectivity index is 1.57. The molecule has 1 unspecified atom stereocenters. The van der Waals surface area contributed by atoms with E-state index in [-0.39, 0.29) is 17.3 Å². The van der Waals surface area contributed by atoms with Crippen LogP contribution in [-0.4, -0.2) is 25.7 Å². The van der Waals surface area contributed by atoms with Crippen molar-refractivity contribution in [1.82, 2.24) is 14.8 Å². The zero-order valence-corrected chi connectivity index (χ0v) is 17.3. The maximum Gasteiger partial charge on any atom is 0.301 e. The van der Waals surface area contributed by atoms with Crippen LogP contribution in [0.4, 0.5) is 10.8 Å². The molecule has 1 atom stereocenters. The van der Waals surface area contributed by atoms with E-state index < -0.39 is 0 Å². The predicted molar refractivity (Wildman–Crippen MR) is 121 cm³/mol. The van der Waals surface area contributed by atoms with Crippen LogP contribution >= 0.6 is 23.1 Å². The molecule has 5 rings (SSSR count). The van der Waals surface area contributed by atoms with Gasteiger partial charge in [0, 0.05) is 22.9 Å². The molecule has 1 aliphatic rings. The molecule has 7 nitrogen and oxygen atoms in total. The molecule has 0 amide bonds. The van der Waals surface area contributed by atoms with E-state index >= 15 is 0 Å². The summed E-state index contributed by atoms with van der Waals surface area (Å²) in [4.78, 5) is 22.1. The zero-order valence-electron chi connectivity index (χ0n) is 15.7. The largest absolute Gasteiger partial charge is 0.301 e. The number of aromatic amines is 1. The van der Waals surface area contributed by atoms with Gasteiger partial charge >= 0.3 is 5.56 Å². The maximum absolute atomic E-state index is 13.2. The Morgan fingerprint density at radius 3 is 2.53 bits per heavy atom. The molecule has 0 saturated heterocycles. The SMILES string of the molecule is O=c1c(N=Nc2nccs2)c(-c2ccccc2)[nH]n1C1=NC(c2ccccc2)CS1. The van der Waals surface area contributed by atoms with Gasteiger partial charge in [-0.1, -0.05) is 72.4 Å². The smallest absolute Gasteiger partial charge is 0.286 e. The Bertz CT molecular complexity index is 1260. The van der Waals surface area contributed by atoms with Crippen LogP contribution < -0.4 is 5.56 Å². The van der Waals surface area contributed by atoms with Crippen LogP contribution in [0.2, 0.25) is 0 Å². The number of H-pyrrole nitrogens is 1. The van der Waals surface area contributed by atoms with Gasteiger partial charge in [-0.2, -0.15) is 4.68 Å². The van der Waals surface area contributed by atoms with Crippen molar-refractivity contribution in [2.75, 3.05) is 5.75 Å². The first-order valence-corrected chi connectivity index (χ1v) is 11.1. The highest BCUT2D eigenvalue weighted by Gasteiger charge is 2.25. The van der Waals surface area contributed by atoms with Crippen molar-refractivity contribution in [1.29, 1.82) is 0 Å². The molecule has 1 N–H and O–H groups in total. The molecule has 148 valence electrons. The molecular weight excluding hydrogens is 416 g/mol. The molecule has 0 bridgehead atoms. The first-order chi connectivity index (χ1) is 14.8. The van der Waals surface area contributed by atoms with Gasteiger partial charge in [-0.3, -0.25) is 14.9 Å². The third kappa shape index (κ3) is 3.64. The highest BCUT2D eigenvalue weighted by Crippen LogP contribution is 2.32. The Morgan fingerprint density at radius 2 is 1.80 bits per heavy atom. The summed E-state index contributed by atoms with van der Waals surface area (Å²) in [7, 11) is 0. The Morgan fingerprint density at radius 1 is 1.03 bits per heavy atom. The lowest BCUT2D eigenvalue weighted by Crippen LogP contribution is -2.21. The summed E-state index contributed by atoms with van der Waals surface area (Å²) >= 11 is 2.91. The van der Waals surface area contributed by atoms with Gasteiger partial charge in [0.1, 0.15) is 0 Å². The van der Waals surface area contributed by atoms with Crippen molar-refractivity contribution in [2.45, 2.75) is 6.04 Å². The number of thioether (sulfide) groups is 1. The van der Waals surface area contributed by atoms with E-state index in [1.807, 2.05) is 53.9 Å². The number of aromatic nitrogens is 3. The van der Waals surface area contributed by atoms with Crippen LogP contribution in [0, 0.1) is 0 Å². The molecule has 3 heterocycles. The number of nitrogens with zero attached hydrogens (tertiary/aromatic N) is 5. The van der Waals surface area contributed by atoms with Crippen LogP contribution in [0.15, 0.2) is 92.3 Å². The average molecular weight is 433 g/mol. The summed E-state index contributed by atoms with van der Waals surface area (Å²) in [6, 6.07) is 19.7. The molecule has 1 aliphatic heterocycles. The van der Waals surface area contributed by atoms with Gasteiger partial charge in [0.05, 0.1) is 11.7 Å². The van der Waals surface area contributed by atoms with Gasteiger partial charge in [-0.25, -0.2) is 4.98 Å². The molecule has 0 saturated carbocycles. The Labute approximate surface area is 180 Å². The van der Waals surface area contributed by atoms with Crippen LogP contribution in [0.5, 0.6) is 0 Å².